The zero-order chi connectivity index (χ0) is 15.9. The Labute approximate surface area is 130 Å². The predicted octanol–water partition coefficient (Wildman–Crippen LogP) is 0.527. The molecule has 0 spiro atoms. The molecule has 2 fully saturated rings. The number of carboxylic acids is 1. The number of hydrogen-bond acceptors (Lipinski definition) is 4. The van der Waals surface area contributed by atoms with E-state index in [9.17, 15) is 14.4 Å². The Morgan fingerprint density at radius 1 is 1.14 bits per heavy atom. The molecule has 0 aromatic rings. The maximum absolute atomic E-state index is 12.0. The number of carboxylic acid groups (broad SMARTS) is 1. The molecule has 2 atom stereocenters. The van der Waals surface area contributed by atoms with Gasteiger partial charge in [0.15, 0.2) is 0 Å². The van der Waals surface area contributed by atoms with E-state index in [0.717, 1.165) is 32.4 Å². The maximum atomic E-state index is 12.0. The van der Waals surface area contributed by atoms with Crippen LogP contribution in [0.4, 0.5) is 0 Å². The molecular formula is C15H24N2O5. The minimum absolute atomic E-state index is 0.0124. The van der Waals surface area contributed by atoms with Crippen molar-refractivity contribution in [2.75, 3.05) is 19.6 Å². The van der Waals surface area contributed by atoms with E-state index in [4.69, 9.17) is 9.84 Å². The fourth-order valence-corrected chi connectivity index (χ4v) is 2.93. The Morgan fingerprint density at radius 2 is 1.86 bits per heavy atom. The smallest absolute Gasteiger partial charge is 0.303 e. The molecule has 0 aromatic heterocycles. The third kappa shape index (κ3) is 4.98. The van der Waals surface area contributed by atoms with E-state index in [1.807, 2.05) is 0 Å². The first kappa shape index (κ1) is 16.7. The van der Waals surface area contributed by atoms with E-state index in [2.05, 4.69) is 5.32 Å². The average molecular weight is 312 g/mol. The van der Waals surface area contributed by atoms with Crippen molar-refractivity contribution in [1.82, 2.24) is 10.2 Å². The van der Waals surface area contributed by atoms with Gasteiger partial charge in [-0.3, -0.25) is 14.4 Å². The SMILES string of the molecule is O=C(O)CC[C@@H]1CC[C@H](C(=O)NCC(=O)N2CCCCC2)O1. The molecule has 7 heteroatoms. The Hall–Kier alpha value is -1.63. The summed E-state index contributed by atoms with van der Waals surface area (Å²) in [6.45, 7) is 1.55. The summed E-state index contributed by atoms with van der Waals surface area (Å²) in [4.78, 5) is 36.3. The second-order valence-electron chi connectivity index (χ2n) is 5.92. The zero-order valence-electron chi connectivity index (χ0n) is 12.8. The standard InChI is InChI=1S/C15H24N2O5/c18-13(17-8-2-1-3-9-17)10-16-15(21)12-6-4-11(22-12)5-7-14(19)20/h11-12H,1-10H2,(H,16,21)(H,19,20)/t11-,12+/m0/s1. The molecule has 0 unspecified atom stereocenters. The molecule has 124 valence electrons. The molecule has 2 saturated heterocycles. The zero-order valence-corrected chi connectivity index (χ0v) is 12.8. The van der Waals surface area contributed by atoms with Gasteiger partial charge >= 0.3 is 5.97 Å². The number of ether oxygens (including phenoxy) is 1. The summed E-state index contributed by atoms with van der Waals surface area (Å²) < 4.78 is 5.55. The normalized spacial score (nSPS) is 25.0. The first-order valence-corrected chi connectivity index (χ1v) is 7.99. The highest BCUT2D eigenvalue weighted by atomic mass is 16.5. The number of amides is 2. The fourth-order valence-electron chi connectivity index (χ4n) is 2.93. The van der Waals surface area contributed by atoms with Crippen molar-refractivity contribution in [3.8, 4) is 0 Å². The van der Waals surface area contributed by atoms with Gasteiger partial charge in [-0.05, 0) is 38.5 Å². The molecule has 2 rings (SSSR count). The number of rotatable bonds is 6. The van der Waals surface area contributed by atoms with E-state index in [0.29, 0.717) is 19.3 Å². The van der Waals surface area contributed by atoms with Crippen LogP contribution in [0.3, 0.4) is 0 Å². The Kier molecular flexibility index (Phi) is 6.18. The van der Waals surface area contributed by atoms with E-state index in [-0.39, 0.29) is 30.9 Å². The van der Waals surface area contributed by atoms with Crippen molar-refractivity contribution >= 4 is 17.8 Å². The van der Waals surface area contributed by atoms with Crippen molar-refractivity contribution in [3.05, 3.63) is 0 Å². The van der Waals surface area contributed by atoms with Gasteiger partial charge in [-0.15, -0.1) is 0 Å². The number of carbonyl (C=O) groups excluding carboxylic acids is 2. The molecule has 0 aliphatic carbocycles. The monoisotopic (exact) mass is 312 g/mol. The molecule has 0 aromatic carbocycles. The van der Waals surface area contributed by atoms with Gasteiger partial charge in [0.25, 0.3) is 0 Å². The van der Waals surface area contributed by atoms with Gasteiger partial charge in [-0.2, -0.15) is 0 Å². The molecule has 22 heavy (non-hydrogen) atoms. The van der Waals surface area contributed by atoms with Crippen molar-refractivity contribution in [3.63, 3.8) is 0 Å². The van der Waals surface area contributed by atoms with Crippen molar-refractivity contribution in [2.24, 2.45) is 0 Å². The number of nitrogens with zero attached hydrogens (tertiary/aromatic N) is 1. The van der Waals surface area contributed by atoms with Gasteiger partial charge in [-0.1, -0.05) is 0 Å². The number of likely N-dealkylation sites (tertiary alicyclic amines) is 1. The van der Waals surface area contributed by atoms with Crippen LogP contribution in [0.1, 0.15) is 44.9 Å². The van der Waals surface area contributed by atoms with Crippen LogP contribution in [0.5, 0.6) is 0 Å². The van der Waals surface area contributed by atoms with Gasteiger partial charge in [0, 0.05) is 19.5 Å². The van der Waals surface area contributed by atoms with Crippen LogP contribution < -0.4 is 5.32 Å². The van der Waals surface area contributed by atoms with Crippen molar-refractivity contribution in [2.45, 2.75) is 57.2 Å². The summed E-state index contributed by atoms with van der Waals surface area (Å²) in [6.07, 6.45) is 4.20. The third-order valence-corrected chi connectivity index (χ3v) is 4.20. The first-order valence-electron chi connectivity index (χ1n) is 7.99. The van der Waals surface area contributed by atoms with Gasteiger partial charge in [0.1, 0.15) is 6.10 Å². The Morgan fingerprint density at radius 3 is 2.55 bits per heavy atom. The van der Waals surface area contributed by atoms with Crippen LogP contribution in [-0.2, 0) is 19.1 Å². The maximum Gasteiger partial charge on any atom is 0.303 e. The summed E-state index contributed by atoms with van der Waals surface area (Å²) in [5.74, 6) is -1.18. The summed E-state index contributed by atoms with van der Waals surface area (Å²) >= 11 is 0. The topological polar surface area (TPSA) is 95.9 Å². The van der Waals surface area contributed by atoms with Gasteiger partial charge in [0.2, 0.25) is 11.8 Å². The highest BCUT2D eigenvalue weighted by molar-refractivity contribution is 5.87. The van der Waals surface area contributed by atoms with Crippen LogP contribution in [0, 0.1) is 0 Å². The Bertz CT molecular complexity index is 420. The summed E-state index contributed by atoms with van der Waals surface area (Å²) in [5.41, 5.74) is 0. The summed E-state index contributed by atoms with van der Waals surface area (Å²) in [5, 5.41) is 11.3. The van der Waals surface area contributed by atoms with E-state index in [1.54, 1.807) is 4.90 Å². The van der Waals surface area contributed by atoms with Gasteiger partial charge < -0.3 is 20.1 Å². The van der Waals surface area contributed by atoms with Crippen LogP contribution >= 0.6 is 0 Å². The van der Waals surface area contributed by atoms with Crippen LogP contribution in [-0.4, -0.2) is 59.6 Å². The highest BCUT2D eigenvalue weighted by Crippen LogP contribution is 2.23. The van der Waals surface area contributed by atoms with Gasteiger partial charge in [-0.25, -0.2) is 0 Å². The Balaban J connectivity index is 1.67. The van der Waals surface area contributed by atoms with Crippen molar-refractivity contribution < 1.29 is 24.2 Å². The van der Waals surface area contributed by atoms with Gasteiger partial charge in [0.05, 0.1) is 12.6 Å². The lowest BCUT2D eigenvalue weighted by atomic mass is 10.1. The predicted molar refractivity (Wildman–Crippen MR) is 78.2 cm³/mol. The molecule has 2 aliphatic rings. The molecule has 2 N–H and O–H groups in total. The minimum Gasteiger partial charge on any atom is -0.481 e. The van der Waals surface area contributed by atoms with E-state index >= 15 is 0 Å². The molecular weight excluding hydrogens is 288 g/mol. The highest BCUT2D eigenvalue weighted by Gasteiger charge is 2.31. The third-order valence-electron chi connectivity index (χ3n) is 4.20. The van der Waals surface area contributed by atoms with Crippen LogP contribution in [0.25, 0.3) is 0 Å². The molecule has 0 radical (unpaired) electrons. The van der Waals surface area contributed by atoms with Crippen molar-refractivity contribution in [1.29, 1.82) is 0 Å². The lowest BCUT2D eigenvalue weighted by Gasteiger charge is -2.26. The lowest BCUT2D eigenvalue weighted by Crippen LogP contribution is -2.45. The van der Waals surface area contributed by atoms with Crippen LogP contribution in [0.2, 0.25) is 0 Å². The molecule has 2 aliphatic heterocycles. The largest absolute Gasteiger partial charge is 0.481 e. The molecule has 2 amide bonds. The number of hydrogen-bond donors (Lipinski definition) is 2. The number of piperidine rings is 1. The summed E-state index contributed by atoms with van der Waals surface area (Å²) in [6, 6.07) is 0. The number of aliphatic carboxylic acids is 1. The summed E-state index contributed by atoms with van der Waals surface area (Å²) in [7, 11) is 0. The number of carbonyl (C=O) groups is 3. The molecule has 7 nitrogen and oxygen atoms in total. The second-order valence-corrected chi connectivity index (χ2v) is 5.92. The molecule has 2 heterocycles. The van der Waals surface area contributed by atoms with E-state index in [1.165, 1.54) is 0 Å². The number of nitrogens with one attached hydrogen (secondary N) is 1. The van der Waals surface area contributed by atoms with E-state index < -0.39 is 12.1 Å². The second kappa shape index (κ2) is 8.12. The van der Waals surface area contributed by atoms with Crippen LogP contribution in [0.15, 0.2) is 0 Å². The first-order chi connectivity index (χ1) is 10.6. The fraction of sp³-hybridized carbons (Fsp3) is 0.800. The minimum atomic E-state index is -0.858. The lowest BCUT2D eigenvalue weighted by molar-refractivity contribution is -0.139. The quantitative estimate of drug-likeness (QED) is 0.746. The molecule has 0 bridgehead atoms. The molecule has 0 saturated carbocycles. The average Bonchev–Trinajstić information content (AvgIpc) is 3.00.